The maximum atomic E-state index is 12.1. The number of carboxylic acids is 2. The van der Waals surface area contributed by atoms with Crippen molar-refractivity contribution in [2.45, 2.75) is 43.8 Å². The zero-order chi connectivity index (χ0) is 20.6. The highest BCUT2D eigenvalue weighted by molar-refractivity contribution is 7.80. The predicted octanol–water partition coefficient (Wildman–Crippen LogP) is -2.22. The summed E-state index contributed by atoms with van der Waals surface area (Å²) in [5.41, 5.74) is 5.30. The number of rotatable bonds is 10. The molecule has 27 heavy (non-hydrogen) atoms. The Kier molecular flexibility index (Phi) is 9.02. The maximum Gasteiger partial charge on any atom is 0.326 e. The van der Waals surface area contributed by atoms with Crippen LogP contribution < -0.4 is 16.4 Å². The molecule has 0 aliphatic carbocycles. The van der Waals surface area contributed by atoms with Crippen LogP contribution in [-0.2, 0) is 24.0 Å². The van der Waals surface area contributed by atoms with E-state index in [1.807, 2.05) is 0 Å². The van der Waals surface area contributed by atoms with Crippen molar-refractivity contribution in [3.05, 3.63) is 0 Å². The second-order valence-corrected chi connectivity index (χ2v) is 6.45. The van der Waals surface area contributed by atoms with Crippen molar-refractivity contribution >= 4 is 42.3 Å². The lowest BCUT2D eigenvalue weighted by molar-refractivity contribution is -0.148. The summed E-state index contributed by atoms with van der Waals surface area (Å²) in [5, 5.41) is 22.5. The second kappa shape index (κ2) is 10.7. The smallest absolute Gasteiger partial charge is 0.326 e. The van der Waals surface area contributed by atoms with Crippen molar-refractivity contribution in [3.63, 3.8) is 0 Å². The predicted molar refractivity (Wildman–Crippen MR) is 96.0 cm³/mol. The number of carboxylic acid groups (broad SMARTS) is 2. The number of amides is 3. The molecule has 152 valence electrons. The largest absolute Gasteiger partial charge is 0.480 e. The Bertz CT molecular complexity index is 601. The lowest BCUT2D eigenvalue weighted by atomic mass is 10.1. The van der Waals surface area contributed by atoms with Crippen LogP contribution in [0.4, 0.5) is 0 Å². The van der Waals surface area contributed by atoms with Gasteiger partial charge in [0.25, 0.3) is 0 Å². The lowest BCUT2D eigenvalue weighted by Crippen LogP contribution is -2.51. The van der Waals surface area contributed by atoms with Crippen molar-refractivity contribution in [2.24, 2.45) is 5.73 Å². The average molecular weight is 404 g/mol. The fourth-order valence-electron chi connectivity index (χ4n) is 2.58. The molecule has 1 aliphatic heterocycles. The Balaban J connectivity index is 2.46. The maximum absolute atomic E-state index is 12.1. The number of nitrogens with one attached hydrogen (secondary N) is 2. The quantitative estimate of drug-likeness (QED) is 0.222. The first-order valence-electron chi connectivity index (χ1n) is 8.36. The standard InChI is InChI=1S/C15H24N4O7S/c16-8(14(23)24)3-4-11(20)18-9(7-27)13(22)17-6-12(21)19-5-1-2-10(19)15(25)26/h8-10,27H,1-7,16H2,(H,17,22)(H,18,20)(H,23,24)(H,25,26)/t8-,9-,10-/m0/s1. The Labute approximate surface area is 161 Å². The van der Waals surface area contributed by atoms with Crippen LogP contribution in [0, 0.1) is 0 Å². The molecule has 0 saturated carbocycles. The van der Waals surface area contributed by atoms with Gasteiger partial charge in [-0.3, -0.25) is 19.2 Å². The molecule has 11 nitrogen and oxygen atoms in total. The molecular formula is C15H24N4O7S. The van der Waals surface area contributed by atoms with Crippen molar-refractivity contribution in [1.82, 2.24) is 15.5 Å². The average Bonchev–Trinajstić information content (AvgIpc) is 3.11. The number of likely N-dealkylation sites (tertiary alicyclic amines) is 1. The van der Waals surface area contributed by atoms with Crippen molar-refractivity contribution in [2.75, 3.05) is 18.8 Å². The number of thiol groups is 1. The van der Waals surface area contributed by atoms with Gasteiger partial charge in [-0.1, -0.05) is 0 Å². The summed E-state index contributed by atoms with van der Waals surface area (Å²) in [6.07, 6.45) is 0.664. The van der Waals surface area contributed by atoms with E-state index in [0.717, 1.165) is 0 Å². The summed E-state index contributed by atoms with van der Waals surface area (Å²) in [4.78, 5) is 58.9. The highest BCUT2D eigenvalue weighted by Crippen LogP contribution is 2.17. The van der Waals surface area contributed by atoms with Gasteiger partial charge in [0.05, 0.1) is 6.54 Å². The molecule has 1 fully saturated rings. The molecule has 0 unspecified atom stereocenters. The first-order valence-corrected chi connectivity index (χ1v) is 8.99. The van der Waals surface area contributed by atoms with Crippen LogP contribution in [0.25, 0.3) is 0 Å². The molecule has 0 aromatic rings. The van der Waals surface area contributed by atoms with E-state index < -0.39 is 54.3 Å². The van der Waals surface area contributed by atoms with Gasteiger partial charge in [0.1, 0.15) is 18.1 Å². The van der Waals surface area contributed by atoms with Crippen LogP contribution in [0.1, 0.15) is 25.7 Å². The summed E-state index contributed by atoms with van der Waals surface area (Å²) in [6.45, 7) is -0.0884. The Morgan fingerprint density at radius 1 is 1.22 bits per heavy atom. The van der Waals surface area contributed by atoms with Crippen molar-refractivity contribution in [3.8, 4) is 0 Å². The van der Waals surface area contributed by atoms with Crippen LogP contribution in [0.15, 0.2) is 0 Å². The third-order valence-electron chi connectivity index (χ3n) is 4.11. The molecule has 6 N–H and O–H groups in total. The van der Waals surface area contributed by atoms with E-state index in [9.17, 15) is 24.0 Å². The molecule has 1 saturated heterocycles. The SMILES string of the molecule is N[C@@H](CCC(=O)N[C@@H](CS)C(=O)NCC(=O)N1CCC[C@H]1C(=O)O)C(=O)O. The Hall–Kier alpha value is -2.34. The Morgan fingerprint density at radius 3 is 2.44 bits per heavy atom. The van der Waals surface area contributed by atoms with E-state index in [2.05, 4.69) is 23.3 Å². The lowest BCUT2D eigenvalue weighted by Gasteiger charge is -2.22. The van der Waals surface area contributed by atoms with Crippen LogP contribution in [0.3, 0.4) is 0 Å². The second-order valence-electron chi connectivity index (χ2n) is 6.09. The first kappa shape index (κ1) is 22.7. The minimum absolute atomic E-state index is 0.0434. The van der Waals surface area contributed by atoms with Crippen LogP contribution in [0.2, 0.25) is 0 Å². The fraction of sp³-hybridized carbons (Fsp3) is 0.667. The molecule has 0 bridgehead atoms. The molecule has 3 atom stereocenters. The van der Waals surface area contributed by atoms with Gasteiger partial charge in [0.15, 0.2) is 0 Å². The van der Waals surface area contributed by atoms with Gasteiger partial charge in [-0.2, -0.15) is 12.6 Å². The molecule has 0 spiro atoms. The van der Waals surface area contributed by atoms with Crippen LogP contribution >= 0.6 is 12.6 Å². The van der Waals surface area contributed by atoms with Gasteiger partial charge in [-0.25, -0.2) is 4.79 Å². The van der Waals surface area contributed by atoms with Gasteiger partial charge in [0.2, 0.25) is 17.7 Å². The van der Waals surface area contributed by atoms with Gasteiger partial charge in [-0.05, 0) is 19.3 Å². The number of carbonyl (C=O) groups is 5. The zero-order valence-corrected chi connectivity index (χ0v) is 15.5. The molecule has 3 amide bonds. The van der Waals surface area contributed by atoms with E-state index in [-0.39, 0.29) is 18.6 Å². The van der Waals surface area contributed by atoms with Gasteiger partial charge in [0, 0.05) is 18.7 Å². The van der Waals surface area contributed by atoms with Crippen LogP contribution in [-0.4, -0.2) is 81.7 Å². The monoisotopic (exact) mass is 404 g/mol. The topological polar surface area (TPSA) is 179 Å². The van der Waals surface area contributed by atoms with Crippen LogP contribution in [0.5, 0.6) is 0 Å². The third-order valence-corrected chi connectivity index (χ3v) is 4.47. The van der Waals surface area contributed by atoms with E-state index in [1.54, 1.807) is 0 Å². The molecule has 0 aromatic carbocycles. The fourth-order valence-corrected chi connectivity index (χ4v) is 2.84. The highest BCUT2D eigenvalue weighted by Gasteiger charge is 2.34. The number of hydrogen-bond donors (Lipinski definition) is 6. The van der Waals surface area contributed by atoms with Gasteiger partial charge in [-0.15, -0.1) is 0 Å². The summed E-state index contributed by atoms with van der Waals surface area (Å²) in [5.74, 6) is -4.11. The molecular weight excluding hydrogens is 380 g/mol. The summed E-state index contributed by atoms with van der Waals surface area (Å²) in [6, 6.07) is -3.10. The number of hydrogen-bond acceptors (Lipinski definition) is 7. The summed E-state index contributed by atoms with van der Waals surface area (Å²) in [7, 11) is 0. The Morgan fingerprint density at radius 2 is 1.89 bits per heavy atom. The highest BCUT2D eigenvalue weighted by atomic mass is 32.1. The van der Waals surface area contributed by atoms with Gasteiger partial charge >= 0.3 is 11.9 Å². The van der Waals surface area contributed by atoms with E-state index in [1.165, 1.54) is 4.90 Å². The number of aliphatic carboxylic acids is 2. The molecule has 0 radical (unpaired) electrons. The minimum atomic E-state index is -1.23. The molecule has 1 aliphatic rings. The molecule has 1 rings (SSSR count). The van der Waals surface area contributed by atoms with E-state index in [0.29, 0.717) is 19.4 Å². The minimum Gasteiger partial charge on any atom is -0.480 e. The first-order chi connectivity index (χ1) is 12.7. The zero-order valence-electron chi connectivity index (χ0n) is 14.6. The van der Waals surface area contributed by atoms with Crippen molar-refractivity contribution < 1.29 is 34.2 Å². The summed E-state index contributed by atoms with van der Waals surface area (Å²) >= 11 is 3.98. The van der Waals surface area contributed by atoms with Gasteiger partial charge < -0.3 is 31.5 Å². The molecule has 0 aromatic heterocycles. The normalized spacial score (nSPS) is 18.4. The summed E-state index contributed by atoms with van der Waals surface area (Å²) < 4.78 is 0. The number of carbonyl (C=O) groups excluding carboxylic acids is 3. The van der Waals surface area contributed by atoms with E-state index >= 15 is 0 Å². The molecule has 1 heterocycles. The number of nitrogens with zero attached hydrogens (tertiary/aromatic N) is 1. The van der Waals surface area contributed by atoms with Crippen molar-refractivity contribution in [1.29, 1.82) is 0 Å². The molecule has 12 heteroatoms. The van der Waals surface area contributed by atoms with E-state index in [4.69, 9.17) is 15.9 Å². The third kappa shape index (κ3) is 7.06. The number of nitrogens with two attached hydrogens (primary N) is 1.